The van der Waals surface area contributed by atoms with Crippen molar-refractivity contribution in [1.29, 1.82) is 0 Å². The predicted octanol–water partition coefficient (Wildman–Crippen LogP) is 2.43. The van der Waals surface area contributed by atoms with Crippen LogP contribution in [-0.4, -0.2) is 46.1 Å². The highest BCUT2D eigenvalue weighted by atomic mass is 16.7. The highest BCUT2D eigenvalue weighted by Crippen LogP contribution is 2.40. The van der Waals surface area contributed by atoms with E-state index in [9.17, 15) is 0 Å². The summed E-state index contributed by atoms with van der Waals surface area (Å²) in [7, 11) is 1.84. The second kappa shape index (κ2) is 7.74. The molecule has 0 radical (unpaired) electrons. The molecule has 6 nitrogen and oxygen atoms in total. The number of ether oxygens (including phenoxy) is 3. The molecule has 0 amide bonds. The smallest absolute Gasteiger partial charge is 0.231 e. The van der Waals surface area contributed by atoms with Crippen molar-refractivity contribution in [2.75, 3.05) is 40.1 Å². The second-order valence-electron chi connectivity index (χ2n) is 7.56. The summed E-state index contributed by atoms with van der Waals surface area (Å²) in [6.45, 7) is 3.72. The monoisotopic (exact) mass is 359 g/mol. The summed E-state index contributed by atoms with van der Waals surface area (Å²) in [5.74, 6) is 3.38. The molecule has 2 fully saturated rings. The van der Waals surface area contributed by atoms with Crippen LogP contribution in [0.25, 0.3) is 0 Å². The predicted molar refractivity (Wildman–Crippen MR) is 101 cm³/mol. The fraction of sp³-hybridized carbons (Fsp3) is 0.650. The van der Waals surface area contributed by atoms with E-state index in [1.807, 2.05) is 13.1 Å². The Kier molecular flexibility index (Phi) is 5.20. The van der Waals surface area contributed by atoms with Gasteiger partial charge >= 0.3 is 0 Å². The van der Waals surface area contributed by atoms with Gasteiger partial charge in [0.1, 0.15) is 0 Å². The summed E-state index contributed by atoms with van der Waals surface area (Å²) in [6, 6.07) is 6.34. The van der Waals surface area contributed by atoms with E-state index >= 15 is 0 Å². The minimum Gasteiger partial charge on any atom is -0.454 e. The summed E-state index contributed by atoms with van der Waals surface area (Å²) >= 11 is 0. The molecular formula is C20H29N3O3. The van der Waals surface area contributed by atoms with Gasteiger partial charge in [-0.05, 0) is 49.3 Å². The fourth-order valence-corrected chi connectivity index (χ4v) is 3.97. The SMILES string of the molecule is CN=C(NCC1CCC1)NCC1(c2ccc3c(c2)OCO3)CCOCC1. The normalized spacial score (nSPS) is 22.0. The lowest BCUT2D eigenvalue weighted by Gasteiger charge is -2.38. The van der Waals surface area contributed by atoms with Crippen molar-refractivity contribution >= 4 is 5.96 Å². The zero-order chi connectivity index (χ0) is 17.8. The number of guanidine groups is 1. The number of nitrogens with zero attached hydrogens (tertiary/aromatic N) is 1. The molecular weight excluding hydrogens is 330 g/mol. The third kappa shape index (κ3) is 3.61. The van der Waals surface area contributed by atoms with E-state index in [2.05, 4.69) is 27.8 Å². The standard InChI is InChI=1S/C20H29N3O3/c1-21-19(22-12-15-3-2-4-15)23-13-20(7-9-24-10-8-20)16-5-6-17-18(11-16)26-14-25-17/h5-6,11,15H,2-4,7-10,12-14H2,1H3,(H2,21,22,23). The number of nitrogens with one attached hydrogen (secondary N) is 2. The molecule has 2 aliphatic heterocycles. The molecule has 0 bridgehead atoms. The third-order valence-electron chi connectivity index (χ3n) is 6.04. The molecule has 0 aromatic heterocycles. The lowest BCUT2D eigenvalue weighted by atomic mass is 9.74. The van der Waals surface area contributed by atoms with Gasteiger partial charge in [0.2, 0.25) is 6.79 Å². The number of hydrogen-bond acceptors (Lipinski definition) is 4. The van der Waals surface area contributed by atoms with Crippen molar-refractivity contribution < 1.29 is 14.2 Å². The maximum Gasteiger partial charge on any atom is 0.231 e. The highest BCUT2D eigenvalue weighted by molar-refractivity contribution is 5.79. The Bertz CT molecular complexity index is 652. The van der Waals surface area contributed by atoms with Crippen molar-refractivity contribution in [3.05, 3.63) is 23.8 Å². The van der Waals surface area contributed by atoms with E-state index < -0.39 is 0 Å². The largest absolute Gasteiger partial charge is 0.454 e. The van der Waals surface area contributed by atoms with Crippen LogP contribution in [0.4, 0.5) is 0 Å². The molecule has 6 heteroatoms. The van der Waals surface area contributed by atoms with Gasteiger partial charge in [-0.1, -0.05) is 12.5 Å². The zero-order valence-electron chi connectivity index (χ0n) is 15.6. The van der Waals surface area contributed by atoms with Gasteiger partial charge in [0.25, 0.3) is 0 Å². The quantitative estimate of drug-likeness (QED) is 0.624. The van der Waals surface area contributed by atoms with E-state index in [-0.39, 0.29) is 5.41 Å². The summed E-state index contributed by atoms with van der Waals surface area (Å²) in [5, 5.41) is 7.05. The molecule has 1 aromatic rings. The van der Waals surface area contributed by atoms with Crippen LogP contribution in [0.15, 0.2) is 23.2 Å². The van der Waals surface area contributed by atoms with Crippen molar-refractivity contribution in [3.63, 3.8) is 0 Å². The molecule has 0 unspecified atom stereocenters. The molecule has 0 atom stereocenters. The Morgan fingerprint density at radius 1 is 1.15 bits per heavy atom. The van der Waals surface area contributed by atoms with E-state index in [1.54, 1.807) is 0 Å². The topological polar surface area (TPSA) is 64.1 Å². The minimum absolute atomic E-state index is 0.0212. The summed E-state index contributed by atoms with van der Waals surface area (Å²) in [5.41, 5.74) is 1.31. The van der Waals surface area contributed by atoms with Crippen LogP contribution in [0, 0.1) is 5.92 Å². The van der Waals surface area contributed by atoms with Crippen LogP contribution in [0.3, 0.4) is 0 Å². The number of rotatable bonds is 5. The Hall–Kier alpha value is -1.95. The molecule has 142 valence electrons. The van der Waals surface area contributed by atoms with Crippen molar-refractivity contribution in [2.24, 2.45) is 10.9 Å². The molecule has 1 saturated heterocycles. The third-order valence-corrected chi connectivity index (χ3v) is 6.04. The van der Waals surface area contributed by atoms with Crippen LogP contribution in [-0.2, 0) is 10.2 Å². The molecule has 2 heterocycles. The lowest BCUT2D eigenvalue weighted by Crippen LogP contribution is -2.49. The summed E-state index contributed by atoms with van der Waals surface area (Å²) in [6.07, 6.45) is 6.01. The number of hydrogen-bond donors (Lipinski definition) is 2. The Morgan fingerprint density at radius 3 is 2.69 bits per heavy atom. The van der Waals surface area contributed by atoms with E-state index in [0.717, 1.165) is 62.5 Å². The number of benzene rings is 1. The minimum atomic E-state index is 0.0212. The summed E-state index contributed by atoms with van der Waals surface area (Å²) < 4.78 is 16.7. The van der Waals surface area contributed by atoms with Gasteiger partial charge in [0, 0.05) is 38.8 Å². The molecule has 3 aliphatic rings. The summed E-state index contributed by atoms with van der Waals surface area (Å²) in [4.78, 5) is 4.40. The Morgan fingerprint density at radius 2 is 1.96 bits per heavy atom. The van der Waals surface area contributed by atoms with Gasteiger partial charge < -0.3 is 24.8 Å². The average molecular weight is 359 g/mol. The van der Waals surface area contributed by atoms with Crippen LogP contribution >= 0.6 is 0 Å². The average Bonchev–Trinajstić information content (AvgIpc) is 3.11. The van der Waals surface area contributed by atoms with Gasteiger partial charge in [0.05, 0.1) is 0 Å². The van der Waals surface area contributed by atoms with E-state index in [1.165, 1.54) is 24.8 Å². The van der Waals surface area contributed by atoms with E-state index in [0.29, 0.717) is 6.79 Å². The maximum absolute atomic E-state index is 5.64. The number of aliphatic imine (C=N–C) groups is 1. The van der Waals surface area contributed by atoms with Gasteiger partial charge in [-0.25, -0.2) is 0 Å². The van der Waals surface area contributed by atoms with Crippen molar-refractivity contribution in [1.82, 2.24) is 10.6 Å². The second-order valence-corrected chi connectivity index (χ2v) is 7.56. The lowest BCUT2D eigenvalue weighted by molar-refractivity contribution is 0.0513. The van der Waals surface area contributed by atoms with Gasteiger partial charge in [-0.3, -0.25) is 4.99 Å². The van der Waals surface area contributed by atoms with E-state index in [4.69, 9.17) is 14.2 Å². The van der Waals surface area contributed by atoms with Gasteiger partial charge in [-0.15, -0.1) is 0 Å². The van der Waals surface area contributed by atoms with Gasteiger partial charge in [0.15, 0.2) is 17.5 Å². The first kappa shape index (κ1) is 17.5. The molecule has 0 spiro atoms. The van der Waals surface area contributed by atoms with Crippen LogP contribution in [0.5, 0.6) is 11.5 Å². The molecule has 1 saturated carbocycles. The molecule has 1 aromatic carbocycles. The Labute approximate surface area is 155 Å². The molecule has 4 rings (SSSR count). The van der Waals surface area contributed by atoms with Crippen LogP contribution < -0.4 is 20.1 Å². The number of fused-ring (bicyclic) bond motifs is 1. The first-order valence-electron chi connectivity index (χ1n) is 9.71. The molecule has 26 heavy (non-hydrogen) atoms. The first-order valence-corrected chi connectivity index (χ1v) is 9.71. The van der Waals surface area contributed by atoms with Crippen LogP contribution in [0.2, 0.25) is 0 Å². The highest BCUT2D eigenvalue weighted by Gasteiger charge is 2.36. The van der Waals surface area contributed by atoms with Crippen molar-refractivity contribution in [3.8, 4) is 11.5 Å². The first-order chi connectivity index (χ1) is 12.8. The van der Waals surface area contributed by atoms with Crippen molar-refractivity contribution in [2.45, 2.75) is 37.5 Å². The molecule has 1 aliphatic carbocycles. The maximum atomic E-state index is 5.64. The zero-order valence-corrected chi connectivity index (χ0v) is 15.6. The molecule has 2 N–H and O–H groups in total. The fourth-order valence-electron chi connectivity index (χ4n) is 3.97. The van der Waals surface area contributed by atoms with Crippen LogP contribution in [0.1, 0.15) is 37.7 Å². The Balaban J connectivity index is 1.45. The van der Waals surface area contributed by atoms with Gasteiger partial charge in [-0.2, -0.15) is 0 Å².